The minimum Gasteiger partial charge on any atom is -0.489 e. The van der Waals surface area contributed by atoms with Crippen molar-refractivity contribution in [1.82, 2.24) is 10.4 Å². The number of hydrogen-bond donors (Lipinski definition) is 2. The number of ether oxygens (including phenoxy) is 1. The van der Waals surface area contributed by atoms with Crippen LogP contribution in [-0.2, 0) is 21.0 Å². The van der Waals surface area contributed by atoms with Gasteiger partial charge in [0.15, 0.2) is 6.17 Å². The van der Waals surface area contributed by atoms with Crippen molar-refractivity contribution in [2.45, 2.75) is 71.1 Å². The average Bonchev–Trinajstić information content (AvgIpc) is 3.77. The van der Waals surface area contributed by atoms with E-state index in [0.717, 1.165) is 53.2 Å². The molecule has 2 aliphatic carbocycles. The topological polar surface area (TPSA) is 104 Å². The number of nitrogens with zero attached hydrogens (tertiary/aromatic N) is 3. The van der Waals surface area contributed by atoms with E-state index in [9.17, 15) is 14.7 Å². The van der Waals surface area contributed by atoms with Gasteiger partial charge in [0.05, 0.1) is 5.57 Å². The monoisotopic (exact) mass is 608 g/mol. The lowest BCUT2D eigenvalue weighted by atomic mass is 9.75. The Morgan fingerprint density at radius 1 is 1.11 bits per heavy atom. The Balaban J connectivity index is 1.15. The van der Waals surface area contributed by atoms with E-state index in [1.807, 2.05) is 54.3 Å². The first-order chi connectivity index (χ1) is 21.9. The quantitative estimate of drug-likeness (QED) is 0.353. The second-order valence-electron chi connectivity index (χ2n) is 12.6. The standard InChI is InChI=1S/C36H40N4O5/c1-22-37-35(38-45-22)29-17-13-27(40-18-6-9-32(40)41)19-26(29)21-44-28-14-10-24(11-15-28)34-33(23-7-4-3-5-8-23)30-16-12-25(36(42)43)20-31(30)39(34)2/h10-15,17,19-20,23,30,35,38H,3-9,16,18,21H2,1-2H3,(H,42,43). The van der Waals surface area contributed by atoms with Gasteiger partial charge in [-0.3, -0.25) is 4.79 Å². The summed E-state index contributed by atoms with van der Waals surface area (Å²) in [7, 11) is 2.07. The van der Waals surface area contributed by atoms with Crippen LogP contribution in [0.1, 0.15) is 81.1 Å². The fourth-order valence-electron chi connectivity index (χ4n) is 7.64. The van der Waals surface area contributed by atoms with E-state index in [2.05, 4.69) is 34.6 Å². The molecule has 2 atom stereocenters. The van der Waals surface area contributed by atoms with Crippen LogP contribution in [0.5, 0.6) is 5.75 Å². The summed E-state index contributed by atoms with van der Waals surface area (Å²) in [5, 5.41) is 9.69. The molecule has 3 aliphatic heterocycles. The van der Waals surface area contributed by atoms with Crippen LogP contribution in [0.25, 0.3) is 5.70 Å². The van der Waals surface area contributed by atoms with Crippen molar-refractivity contribution in [1.29, 1.82) is 0 Å². The predicted octanol–water partition coefficient (Wildman–Crippen LogP) is 6.50. The fourth-order valence-corrected chi connectivity index (χ4v) is 7.64. The number of carbonyl (C=O) groups is 2. The number of carbonyl (C=O) groups excluding carboxylic acids is 1. The maximum absolute atomic E-state index is 12.5. The summed E-state index contributed by atoms with van der Waals surface area (Å²) >= 11 is 0. The Kier molecular flexibility index (Phi) is 7.95. The summed E-state index contributed by atoms with van der Waals surface area (Å²) < 4.78 is 6.35. The zero-order valence-corrected chi connectivity index (χ0v) is 25.9. The molecule has 1 saturated carbocycles. The second kappa shape index (κ2) is 12.2. The van der Waals surface area contributed by atoms with Gasteiger partial charge in [0.2, 0.25) is 11.8 Å². The molecular weight excluding hydrogens is 568 g/mol. The highest BCUT2D eigenvalue weighted by Gasteiger charge is 2.40. The number of carboxylic acids is 1. The van der Waals surface area contributed by atoms with Crippen molar-refractivity contribution in [2.75, 3.05) is 18.5 Å². The van der Waals surface area contributed by atoms with E-state index in [1.54, 1.807) is 0 Å². The third-order valence-corrected chi connectivity index (χ3v) is 9.85. The van der Waals surface area contributed by atoms with Crippen LogP contribution >= 0.6 is 0 Å². The lowest BCUT2D eigenvalue weighted by molar-refractivity contribution is -0.132. The van der Waals surface area contributed by atoms with Crippen LogP contribution in [0, 0.1) is 11.8 Å². The minimum absolute atomic E-state index is 0.144. The molecule has 7 rings (SSSR count). The van der Waals surface area contributed by atoms with E-state index in [-0.39, 0.29) is 18.0 Å². The van der Waals surface area contributed by atoms with Crippen LogP contribution in [0.15, 0.2) is 76.5 Å². The Hall–Kier alpha value is -4.37. The van der Waals surface area contributed by atoms with Gasteiger partial charge in [0.25, 0.3) is 0 Å². The zero-order valence-electron chi connectivity index (χ0n) is 25.9. The number of anilines is 1. The van der Waals surface area contributed by atoms with E-state index < -0.39 is 5.97 Å². The highest BCUT2D eigenvalue weighted by molar-refractivity contribution is 5.95. The number of carboxylic acid groups (broad SMARTS) is 1. The van der Waals surface area contributed by atoms with Gasteiger partial charge in [0, 0.05) is 55.5 Å². The van der Waals surface area contributed by atoms with Crippen LogP contribution in [0.2, 0.25) is 0 Å². The molecule has 0 radical (unpaired) electrons. The van der Waals surface area contributed by atoms with Gasteiger partial charge in [0.1, 0.15) is 12.4 Å². The normalized spacial score (nSPS) is 23.5. The number of fused-ring (bicyclic) bond motifs is 1. The summed E-state index contributed by atoms with van der Waals surface area (Å²) in [5.41, 5.74) is 11.0. The third-order valence-electron chi connectivity index (χ3n) is 9.85. The third kappa shape index (κ3) is 5.65. The lowest BCUT2D eigenvalue weighted by Crippen LogP contribution is -2.24. The molecule has 0 spiro atoms. The number of hydrogen-bond acceptors (Lipinski definition) is 7. The number of aliphatic imine (C=N–C) groups is 1. The summed E-state index contributed by atoms with van der Waals surface area (Å²) in [6.45, 7) is 2.85. The SMILES string of the molecule is CC1=NC(c2ccc(N3CCCC3=O)cc2COc2ccc(C3=C(C4CCCCC4)C4CC=C(C(=O)O)C=C4N3C)cc2)NO1. The number of aliphatic carboxylic acids is 1. The molecule has 234 valence electrons. The van der Waals surface area contributed by atoms with Gasteiger partial charge in [-0.25, -0.2) is 9.79 Å². The van der Waals surface area contributed by atoms with Crippen LogP contribution in [-0.4, -0.2) is 41.4 Å². The van der Waals surface area contributed by atoms with Crippen molar-refractivity contribution in [3.63, 3.8) is 0 Å². The number of allylic oxidation sites excluding steroid dienone is 2. The number of benzene rings is 2. The molecule has 0 aromatic heterocycles. The molecule has 5 aliphatic rings. The van der Waals surface area contributed by atoms with Gasteiger partial charge in [-0.05, 0) is 90.8 Å². The molecule has 9 nitrogen and oxygen atoms in total. The van der Waals surface area contributed by atoms with Crippen molar-refractivity contribution < 1.29 is 24.3 Å². The van der Waals surface area contributed by atoms with Gasteiger partial charge >= 0.3 is 5.97 Å². The number of hydroxylamine groups is 1. The Morgan fingerprint density at radius 2 is 1.91 bits per heavy atom. The first-order valence-electron chi connectivity index (χ1n) is 16.1. The Bertz CT molecular complexity index is 1630. The maximum atomic E-state index is 12.5. The van der Waals surface area contributed by atoms with Crippen LogP contribution < -0.4 is 15.1 Å². The second-order valence-corrected chi connectivity index (χ2v) is 12.6. The van der Waals surface area contributed by atoms with Crippen LogP contribution in [0.3, 0.4) is 0 Å². The van der Waals surface area contributed by atoms with Gasteiger partial charge in [-0.1, -0.05) is 31.4 Å². The van der Waals surface area contributed by atoms with Crippen molar-refractivity contribution in [2.24, 2.45) is 16.8 Å². The predicted molar refractivity (Wildman–Crippen MR) is 172 cm³/mol. The summed E-state index contributed by atoms with van der Waals surface area (Å²) in [4.78, 5) is 38.3. The smallest absolute Gasteiger partial charge is 0.335 e. The number of nitrogens with one attached hydrogen (secondary N) is 1. The Labute approximate surface area is 263 Å². The maximum Gasteiger partial charge on any atom is 0.335 e. The number of amides is 1. The first-order valence-corrected chi connectivity index (χ1v) is 16.1. The van der Waals surface area contributed by atoms with Crippen molar-refractivity contribution in [3.8, 4) is 5.75 Å². The van der Waals surface area contributed by atoms with Crippen LogP contribution in [0.4, 0.5) is 5.69 Å². The molecular formula is C36H40N4O5. The molecule has 45 heavy (non-hydrogen) atoms. The van der Waals surface area contributed by atoms with E-state index in [0.29, 0.717) is 30.4 Å². The van der Waals surface area contributed by atoms with Crippen molar-refractivity contribution in [3.05, 3.63) is 88.2 Å². The molecule has 2 N–H and O–H groups in total. The highest BCUT2D eigenvalue weighted by atomic mass is 16.7. The summed E-state index contributed by atoms with van der Waals surface area (Å²) in [6.07, 6.45) is 11.7. The van der Waals surface area contributed by atoms with E-state index in [4.69, 9.17) is 9.57 Å². The fraction of sp³-hybridized carbons (Fsp3) is 0.417. The molecule has 2 aromatic carbocycles. The molecule has 9 heteroatoms. The summed E-state index contributed by atoms with van der Waals surface area (Å²) in [6, 6.07) is 14.3. The van der Waals surface area contributed by atoms with Gasteiger partial charge < -0.3 is 24.5 Å². The molecule has 2 fully saturated rings. The molecule has 2 aromatic rings. The summed E-state index contributed by atoms with van der Waals surface area (Å²) in [5.74, 6) is 1.32. The molecule has 0 bridgehead atoms. The average molecular weight is 609 g/mol. The number of rotatable bonds is 8. The molecule has 2 unspecified atom stereocenters. The Morgan fingerprint density at radius 3 is 2.60 bits per heavy atom. The van der Waals surface area contributed by atoms with Crippen molar-refractivity contribution >= 4 is 29.2 Å². The van der Waals surface area contributed by atoms with Gasteiger partial charge in [-0.15, -0.1) is 5.48 Å². The zero-order chi connectivity index (χ0) is 31.1. The van der Waals surface area contributed by atoms with E-state index in [1.165, 1.54) is 43.4 Å². The molecule has 1 amide bonds. The minimum atomic E-state index is -0.873. The van der Waals surface area contributed by atoms with Gasteiger partial charge in [-0.2, -0.15) is 0 Å². The largest absolute Gasteiger partial charge is 0.489 e. The first kappa shape index (κ1) is 29.3. The molecule has 1 saturated heterocycles. The lowest BCUT2D eigenvalue weighted by Gasteiger charge is -2.28. The molecule has 3 heterocycles. The van der Waals surface area contributed by atoms with E-state index >= 15 is 0 Å². The highest BCUT2D eigenvalue weighted by Crippen LogP contribution is 2.51.